The lowest BCUT2D eigenvalue weighted by molar-refractivity contribution is -0.122. The Morgan fingerprint density at radius 2 is 2.00 bits per heavy atom. The lowest BCUT2D eigenvalue weighted by Gasteiger charge is -2.28. The van der Waals surface area contributed by atoms with Gasteiger partial charge in [-0.2, -0.15) is 0 Å². The van der Waals surface area contributed by atoms with Crippen molar-refractivity contribution in [1.82, 2.24) is 4.90 Å². The molecule has 3 rings (SSSR count). The van der Waals surface area contributed by atoms with Gasteiger partial charge in [0.2, 0.25) is 0 Å². The molecular weight excluding hydrogens is 230 g/mol. The van der Waals surface area contributed by atoms with Gasteiger partial charge in [0.1, 0.15) is 11.9 Å². The minimum atomic E-state index is -0.270. The maximum atomic E-state index is 11.7. The van der Waals surface area contributed by atoms with Crippen molar-refractivity contribution in [2.75, 3.05) is 6.54 Å². The second-order valence-corrected chi connectivity index (χ2v) is 4.87. The van der Waals surface area contributed by atoms with Gasteiger partial charge in [0.25, 0.3) is 0 Å². The molecule has 0 unspecified atom stereocenters. The summed E-state index contributed by atoms with van der Waals surface area (Å²) in [4.78, 5) is 24.9. The van der Waals surface area contributed by atoms with Crippen molar-refractivity contribution in [2.45, 2.75) is 31.4 Å². The Morgan fingerprint density at radius 1 is 1.22 bits per heavy atom. The fourth-order valence-electron chi connectivity index (χ4n) is 2.72. The minimum absolute atomic E-state index is 0.0704. The monoisotopic (exact) mass is 245 g/mol. The Kier molecular flexibility index (Phi) is 2.78. The first-order valence-corrected chi connectivity index (χ1v) is 6.27. The molecule has 0 saturated carbocycles. The van der Waals surface area contributed by atoms with Crippen molar-refractivity contribution in [3.05, 3.63) is 35.9 Å². The Bertz CT molecular complexity index is 471. The Morgan fingerprint density at radius 3 is 2.78 bits per heavy atom. The molecule has 0 aromatic heterocycles. The van der Waals surface area contributed by atoms with E-state index < -0.39 is 0 Å². The largest absolute Gasteiger partial charge is 0.444 e. The number of hydrogen-bond acceptors (Lipinski definition) is 3. The van der Waals surface area contributed by atoms with E-state index in [1.807, 2.05) is 30.3 Å². The van der Waals surface area contributed by atoms with Crippen LogP contribution in [-0.2, 0) is 16.0 Å². The van der Waals surface area contributed by atoms with Crippen LogP contribution in [0.25, 0.3) is 0 Å². The smallest absolute Gasteiger partial charge is 0.410 e. The molecule has 0 spiro atoms. The van der Waals surface area contributed by atoms with Crippen LogP contribution in [0.5, 0.6) is 0 Å². The van der Waals surface area contributed by atoms with Crippen LogP contribution < -0.4 is 0 Å². The third-order valence-electron chi connectivity index (χ3n) is 3.66. The highest BCUT2D eigenvalue weighted by Gasteiger charge is 2.44. The Labute approximate surface area is 106 Å². The normalized spacial score (nSPS) is 27.0. The first-order valence-electron chi connectivity index (χ1n) is 6.27. The Balaban J connectivity index is 1.76. The second-order valence-electron chi connectivity index (χ2n) is 4.87. The molecule has 2 aliphatic heterocycles. The molecule has 2 fully saturated rings. The van der Waals surface area contributed by atoms with E-state index in [1.165, 1.54) is 0 Å². The van der Waals surface area contributed by atoms with Gasteiger partial charge in [0.15, 0.2) is 0 Å². The lowest BCUT2D eigenvalue weighted by atomic mass is 9.94. The van der Waals surface area contributed by atoms with Crippen LogP contribution in [-0.4, -0.2) is 35.5 Å². The molecule has 4 heteroatoms. The zero-order valence-electron chi connectivity index (χ0n) is 10.0. The van der Waals surface area contributed by atoms with Crippen LogP contribution in [0.1, 0.15) is 18.4 Å². The van der Waals surface area contributed by atoms with E-state index in [1.54, 1.807) is 4.90 Å². The highest BCUT2D eigenvalue weighted by molar-refractivity contribution is 5.83. The quantitative estimate of drug-likeness (QED) is 0.798. The van der Waals surface area contributed by atoms with E-state index in [-0.39, 0.29) is 24.0 Å². The van der Waals surface area contributed by atoms with E-state index in [9.17, 15) is 9.59 Å². The molecule has 4 nitrogen and oxygen atoms in total. The average molecular weight is 245 g/mol. The number of cyclic esters (lactones) is 1. The summed E-state index contributed by atoms with van der Waals surface area (Å²) >= 11 is 0. The topological polar surface area (TPSA) is 46.6 Å². The van der Waals surface area contributed by atoms with Crippen LogP contribution >= 0.6 is 0 Å². The number of piperidine rings is 1. The summed E-state index contributed by atoms with van der Waals surface area (Å²) in [7, 11) is 0. The number of benzene rings is 1. The van der Waals surface area contributed by atoms with Gasteiger partial charge in [-0.3, -0.25) is 4.79 Å². The summed E-state index contributed by atoms with van der Waals surface area (Å²) in [5, 5.41) is 0. The van der Waals surface area contributed by atoms with E-state index in [0.29, 0.717) is 25.8 Å². The third kappa shape index (κ3) is 1.98. The molecule has 0 aliphatic carbocycles. The van der Waals surface area contributed by atoms with Crippen LogP contribution in [0.3, 0.4) is 0 Å². The number of Topliss-reactive ketones (excluding diaryl/α,β-unsaturated/α-hetero) is 1. The number of nitrogens with zero attached hydrogens (tertiary/aromatic N) is 1. The van der Waals surface area contributed by atoms with E-state index in [4.69, 9.17) is 4.74 Å². The number of ether oxygens (including phenoxy) is 1. The van der Waals surface area contributed by atoms with Gasteiger partial charge in [-0.1, -0.05) is 30.3 Å². The highest BCUT2D eigenvalue weighted by atomic mass is 16.6. The molecule has 2 heterocycles. The van der Waals surface area contributed by atoms with Gasteiger partial charge in [-0.15, -0.1) is 0 Å². The van der Waals surface area contributed by atoms with Crippen molar-refractivity contribution in [3.8, 4) is 0 Å². The van der Waals surface area contributed by atoms with Crippen molar-refractivity contribution in [2.24, 2.45) is 0 Å². The van der Waals surface area contributed by atoms with Crippen molar-refractivity contribution in [1.29, 1.82) is 0 Å². The lowest BCUT2D eigenvalue weighted by Crippen LogP contribution is -2.44. The van der Waals surface area contributed by atoms with Gasteiger partial charge >= 0.3 is 6.09 Å². The van der Waals surface area contributed by atoms with Crippen LogP contribution in [0.15, 0.2) is 30.3 Å². The average Bonchev–Trinajstić information content (AvgIpc) is 2.67. The number of hydrogen-bond donors (Lipinski definition) is 0. The number of fused-ring (bicyclic) bond motifs is 1. The molecule has 0 bridgehead atoms. The number of amides is 1. The molecule has 1 aromatic carbocycles. The minimum Gasteiger partial charge on any atom is -0.444 e. The summed E-state index contributed by atoms with van der Waals surface area (Å²) in [5.41, 5.74) is 1.13. The summed E-state index contributed by atoms with van der Waals surface area (Å²) in [6, 6.07) is 9.85. The molecule has 0 N–H and O–H groups in total. The summed E-state index contributed by atoms with van der Waals surface area (Å²) < 4.78 is 5.40. The number of ketones is 1. The zero-order chi connectivity index (χ0) is 12.5. The van der Waals surface area contributed by atoms with Gasteiger partial charge in [-0.25, -0.2) is 4.79 Å². The molecular formula is C14H15NO3. The molecule has 2 saturated heterocycles. The Hall–Kier alpha value is -1.84. The van der Waals surface area contributed by atoms with Gasteiger partial charge < -0.3 is 9.64 Å². The number of rotatable bonds is 2. The third-order valence-corrected chi connectivity index (χ3v) is 3.66. The maximum Gasteiger partial charge on any atom is 0.410 e. The zero-order valence-corrected chi connectivity index (χ0v) is 10.0. The molecule has 94 valence electrons. The fraction of sp³-hybridized carbons (Fsp3) is 0.429. The SMILES string of the molecule is O=C1CCN2C(=O)O[C@@H](Cc3ccccc3)[C@@H]2C1. The maximum absolute atomic E-state index is 11.7. The predicted molar refractivity (Wildman–Crippen MR) is 65.2 cm³/mol. The molecule has 2 atom stereocenters. The van der Waals surface area contributed by atoms with Crippen molar-refractivity contribution >= 4 is 11.9 Å². The molecule has 2 aliphatic rings. The highest BCUT2D eigenvalue weighted by Crippen LogP contribution is 2.28. The summed E-state index contributed by atoms with van der Waals surface area (Å²) in [6.07, 6.45) is 1.12. The van der Waals surface area contributed by atoms with Crippen LogP contribution in [0.4, 0.5) is 4.79 Å². The van der Waals surface area contributed by atoms with Crippen molar-refractivity contribution in [3.63, 3.8) is 0 Å². The first kappa shape index (κ1) is 11.3. The standard InChI is InChI=1S/C14H15NO3/c16-11-6-7-15-12(9-11)13(18-14(15)17)8-10-4-2-1-3-5-10/h1-5,12-13H,6-9H2/t12-,13-/m0/s1. The second kappa shape index (κ2) is 4.44. The van der Waals surface area contributed by atoms with E-state index >= 15 is 0 Å². The summed E-state index contributed by atoms with van der Waals surface area (Å²) in [5.74, 6) is 0.229. The molecule has 1 amide bonds. The van der Waals surface area contributed by atoms with Crippen molar-refractivity contribution < 1.29 is 14.3 Å². The molecule has 18 heavy (non-hydrogen) atoms. The predicted octanol–water partition coefficient (Wildman–Crippen LogP) is 1.78. The van der Waals surface area contributed by atoms with Gasteiger partial charge in [0, 0.05) is 25.8 Å². The summed E-state index contributed by atoms with van der Waals surface area (Å²) in [6.45, 7) is 0.508. The first-order chi connectivity index (χ1) is 8.74. The molecule has 0 radical (unpaired) electrons. The van der Waals surface area contributed by atoms with Crippen LogP contribution in [0.2, 0.25) is 0 Å². The van der Waals surface area contributed by atoms with Gasteiger partial charge in [0.05, 0.1) is 6.04 Å². The van der Waals surface area contributed by atoms with E-state index in [0.717, 1.165) is 5.56 Å². The van der Waals surface area contributed by atoms with E-state index in [2.05, 4.69) is 0 Å². The number of carbonyl (C=O) groups is 2. The molecule has 1 aromatic rings. The fourth-order valence-corrected chi connectivity index (χ4v) is 2.72. The number of carbonyl (C=O) groups excluding carboxylic acids is 2. The van der Waals surface area contributed by atoms with Gasteiger partial charge in [-0.05, 0) is 5.56 Å². The van der Waals surface area contributed by atoms with Crippen LogP contribution in [0, 0.1) is 0 Å².